The summed E-state index contributed by atoms with van der Waals surface area (Å²) in [6, 6.07) is 15.7. The van der Waals surface area contributed by atoms with Crippen molar-refractivity contribution in [3.05, 3.63) is 82.2 Å². The molecule has 27 heavy (non-hydrogen) atoms. The van der Waals surface area contributed by atoms with Crippen molar-refractivity contribution in [2.24, 2.45) is 0 Å². The second kappa shape index (κ2) is 8.61. The zero-order valence-corrected chi connectivity index (χ0v) is 15.3. The molecule has 0 aliphatic heterocycles. The summed E-state index contributed by atoms with van der Waals surface area (Å²) in [4.78, 5) is 11.9. The van der Waals surface area contributed by atoms with E-state index in [0.29, 0.717) is 17.9 Å². The summed E-state index contributed by atoms with van der Waals surface area (Å²) in [6.45, 7) is 0.485. The van der Waals surface area contributed by atoms with Gasteiger partial charge in [-0.25, -0.2) is 17.8 Å². The van der Waals surface area contributed by atoms with Crippen LogP contribution in [0, 0.1) is 0 Å². The Labute approximate surface area is 157 Å². The lowest BCUT2D eigenvalue weighted by atomic mass is 10.2. The first-order chi connectivity index (χ1) is 13.0. The molecule has 2 aromatic heterocycles. The molecule has 0 saturated heterocycles. The molecular weight excluding hydrogens is 366 g/mol. The molecule has 3 rings (SSSR count). The molecule has 0 unspecified atom stereocenters. The highest BCUT2D eigenvalue weighted by Crippen LogP contribution is 2.15. The molecule has 0 amide bonds. The van der Waals surface area contributed by atoms with E-state index in [1.54, 1.807) is 18.2 Å². The number of furan rings is 1. The van der Waals surface area contributed by atoms with Crippen molar-refractivity contribution in [2.45, 2.75) is 13.0 Å². The van der Waals surface area contributed by atoms with E-state index in [1.165, 1.54) is 23.1 Å². The van der Waals surface area contributed by atoms with Gasteiger partial charge in [-0.1, -0.05) is 30.3 Å². The highest BCUT2D eigenvalue weighted by Gasteiger charge is 2.07. The lowest BCUT2D eigenvalue weighted by Crippen LogP contribution is -2.27. The van der Waals surface area contributed by atoms with Gasteiger partial charge in [-0.05, 0) is 36.3 Å². The monoisotopic (exact) mass is 385 g/mol. The molecular formula is C19H19N3O4S. The van der Waals surface area contributed by atoms with E-state index in [4.69, 9.17) is 4.42 Å². The molecule has 0 radical (unpaired) electrons. The molecule has 0 atom stereocenters. The summed E-state index contributed by atoms with van der Waals surface area (Å²) in [7, 11) is -3.54. The van der Waals surface area contributed by atoms with Crippen molar-refractivity contribution >= 4 is 16.1 Å². The quantitative estimate of drug-likeness (QED) is 0.601. The zero-order chi connectivity index (χ0) is 19.1. The van der Waals surface area contributed by atoms with Crippen LogP contribution in [0.4, 0.5) is 0 Å². The molecule has 0 fully saturated rings. The highest BCUT2D eigenvalue weighted by atomic mass is 32.2. The molecule has 0 bridgehead atoms. The van der Waals surface area contributed by atoms with Gasteiger partial charge in [0.05, 0.1) is 6.26 Å². The number of rotatable bonds is 8. The molecule has 0 aliphatic carbocycles. The second-order valence-corrected chi connectivity index (χ2v) is 7.41. The summed E-state index contributed by atoms with van der Waals surface area (Å²) < 4.78 is 33.0. The SMILES string of the molecule is O=c1ccc(-c2ccco2)nn1CCCNS(=O)(=O)C=Cc1ccccc1. The van der Waals surface area contributed by atoms with E-state index in [2.05, 4.69) is 9.82 Å². The maximum atomic E-state index is 12.0. The number of hydrogen-bond acceptors (Lipinski definition) is 5. The Morgan fingerprint density at radius 2 is 1.89 bits per heavy atom. The van der Waals surface area contributed by atoms with Crippen LogP contribution in [0.1, 0.15) is 12.0 Å². The molecule has 1 aromatic carbocycles. The predicted octanol–water partition coefficient (Wildman–Crippen LogP) is 2.48. The molecule has 0 aliphatic rings. The van der Waals surface area contributed by atoms with Crippen LogP contribution in [0.15, 0.2) is 75.5 Å². The fraction of sp³-hybridized carbons (Fsp3) is 0.158. The number of nitrogens with zero attached hydrogens (tertiary/aromatic N) is 2. The fourth-order valence-electron chi connectivity index (χ4n) is 2.39. The highest BCUT2D eigenvalue weighted by molar-refractivity contribution is 7.92. The largest absolute Gasteiger partial charge is 0.463 e. The molecule has 2 heterocycles. The van der Waals surface area contributed by atoms with Crippen LogP contribution in [0.5, 0.6) is 0 Å². The van der Waals surface area contributed by atoms with Gasteiger partial charge in [-0.3, -0.25) is 4.79 Å². The van der Waals surface area contributed by atoms with Crippen LogP contribution in [0.25, 0.3) is 17.5 Å². The van der Waals surface area contributed by atoms with Gasteiger partial charge in [0.15, 0.2) is 5.76 Å². The summed E-state index contributed by atoms with van der Waals surface area (Å²) in [6.07, 6.45) is 3.48. The van der Waals surface area contributed by atoms with Crippen molar-refractivity contribution in [2.75, 3.05) is 6.54 Å². The average molecular weight is 385 g/mol. The Kier molecular flexibility index (Phi) is 6.00. The fourth-order valence-corrected chi connectivity index (χ4v) is 3.25. The van der Waals surface area contributed by atoms with Crippen LogP contribution < -0.4 is 10.3 Å². The second-order valence-electron chi connectivity index (χ2n) is 5.76. The smallest absolute Gasteiger partial charge is 0.266 e. The third-order valence-electron chi connectivity index (χ3n) is 3.73. The Balaban J connectivity index is 1.55. The van der Waals surface area contributed by atoms with Gasteiger partial charge >= 0.3 is 0 Å². The van der Waals surface area contributed by atoms with E-state index in [-0.39, 0.29) is 18.6 Å². The first kappa shape index (κ1) is 18.8. The number of benzene rings is 1. The van der Waals surface area contributed by atoms with Gasteiger partial charge in [0, 0.05) is 24.6 Å². The number of nitrogens with one attached hydrogen (secondary N) is 1. The van der Waals surface area contributed by atoms with Crippen LogP contribution in [0.2, 0.25) is 0 Å². The predicted molar refractivity (Wildman–Crippen MR) is 103 cm³/mol. The van der Waals surface area contributed by atoms with Crippen molar-refractivity contribution in [1.29, 1.82) is 0 Å². The molecule has 3 aromatic rings. The van der Waals surface area contributed by atoms with Crippen LogP contribution in [0.3, 0.4) is 0 Å². The molecule has 7 nitrogen and oxygen atoms in total. The summed E-state index contributed by atoms with van der Waals surface area (Å²) in [5, 5.41) is 5.37. The zero-order valence-electron chi connectivity index (χ0n) is 14.5. The van der Waals surface area contributed by atoms with E-state index in [1.807, 2.05) is 30.3 Å². The first-order valence-corrected chi connectivity index (χ1v) is 9.93. The van der Waals surface area contributed by atoms with Gasteiger partial charge in [-0.2, -0.15) is 5.10 Å². The molecule has 140 valence electrons. The Morgan fingerprint density at radius 3 is 2.63 bits per heavy atom. The minimum atomic E-state index is -3.54. The van der Waals surface area contributed by atoms with E-state index < -0.39 is 10.0 Å². The third-order valence-corrected chi connectivity index (χ3v) is 4.83. The van der Waals surface area contributed by atoms with Crippen molar-refractivity contribution in [3.63, 3.8) is 0 Å². The third kappa shape index (κ3) is 5.50. The summed E-state index contributed by atoms with van der Waals surface area (Å²) in [5.74, 6) is 0.565. The minimum absolute atomic E-state index is 0.195. The lowest BCUT2D eigenvalue weighted by Gasteiger charge is -2.06. The van der Waals surface area contributed by atoms with E-state index >= 15 is 0 Å². The van der Waals surface area contributed by atoms with Gasteiger partial charge in [0.25, 0.3) is 5.56 Å². The first-order valence-electron chi connectivity index (χ1n) is 8.38. The number of aryl methyl sites for hydroxylation is 1. The minimum Gasteiger partial charge on any atom is -0.463 e. The Morgan fingerprint density at radius 1 is 1.07 bits per heavy atom. The van der Waals surface area contributed by atoms with Crippen LogP contribution in [-0.2, 0) is 16.6 Å². The number of hydrogen-bond donors (Lipinski definition) is 1. The standard InChI is InChI=1S/C19H19N3O4S/c23-19-10-9-17(18-8-4-14-26-18)21-22(19)13-5-12-20-27(24,25)15-11-16-6-2-1-3-7-16/h1-4,6-11,14-15,20H,5,12-13H2. The van der Waals surface area contributed by atoms with Gasteiger partial charge in [0.2, 0.25) is 10.0 Å². The van der Waals surface area contributed by atoms with Gasteiger partial charge in [-0.15, -0.1) is 0 Å². The number of aromatic nitrogens is 2. The molecule has 1 N–H and O–H groups in total. The number of sulfonamides is 1. The van der Waals surface area contributed by atoms with Gasteiger partial charge in [0.1, 0.15) is 5.69 Å². The van der Waals surface area contributed by atoms with Crippen molar-refractivity contribution in [1.82, 2.24) is 14.5 Å². The Hall–Kier alpha value is -2.97. The van der Waals surface area contributed by atoms with E-state index in [9.17, 15) is 13.2 Å². The average Bonchev–Trinajstić information content (AvgIpc) is 3.21. The Bertz CT molecular complexity index is 1060. The lowest BCUT2D eigenvalue weighted by molar-refractivity contribution is 0.531. The molecule has 8 heteroatoms. The van der Waals surface area contributed by atoms with Gasteiger partial charge < -0.3 is 4.42 Å². The maximum absolute atomic E-state index is 12.0. The molecule has 0 spiro atoms. The topological polar surface area (TPSA) is 94.2 Å². The normalized spacial score (nSPS) is 11.9. The summed E-state index contributed by atoms with van der Waals surface area (Å²) >= 11 is 0. The van der Waals surface area contributed by atoms with Crippen molar-refractivity contribution in [3.8, 4) is 11.5 Å². The van der Waals surface area contributed by atoms with Crippen molar-refractivity contribution < 1.29 is 12.8 Å². The van der Waals surface area contributed by atoms with Crippen LogP contribution in [-0.4, -0.2) is 24.7 Å². The van der Waals surface area contributed by atoms with Crippen LogP contribution >= 0.6 is 0 Å². The summed E-state index contributed by atoms with van der Waals surface area (Å²) in [5.41, 5.74) is 1.09. The van der Waals surface area contributed by atoms with E-state index in [0.717, 1.165) is 11.0 Å². The maximum Gasteiger partial charge on any atom is 0.266 e. The molecule has 0 saturated carbocycles.